The Kier molecular flexibility index (Phi) is 4.83. The van der Waals surface area contributed by atoms with E-state index >= 15 is 0 Å². The van der Waals surface area contributed by atoms with Crippen molar-refractivity contribution in [2.75, 3.05) is 0 Å². The van der Waals surface area contributed by atoms with Crippen LogP contribution in [0.15, 0.2) is 110 Å². The van der Waals surface area contributed by atoms with Gasteiger partial charge in [-0.2, -0.15) is 0 Å². The van der Waals surface area contributed by atoms with Gasteiger partial charge in [0.1, 0.15) is 0 Å². The van der Waals surface area contributed by atoms with Crippen molar-refractivity contribution in [2.45, 2.75) is 12.8 Å². The van der Waals surface area contributed by atoms with Crippen molar-refractivity contribution in [2.24, 2.45) is 0 Å². The summed E-state index contributed by atoms with van der Waals surface area (Å²) in [7, 11) is 0. The molecule has 0 bridgehead atoms. The lowest BCUT2D eigenvalue weighted by molar-refractivity contribution is -1.30. The number of hydrogen-bond donors (Lipinski definition) is 0. The third-order valence-corrected chi connectivity index (χ3v) is 4.57. The van der Waals surface area contributed by atoms with Gasteiger partial charge in [0, 0.05) is 30.2 Å². The van der Waals surface area contributed by atoms with Crippen LogP contribution in [0.5, 0.6) is 0 Å². The lowest BCUT2D eigenvalue weighted by Gasteiger charge is -2.06. The summed E-state index contributed by atoms with van der Waals surface area (Å²) in [5.74, 6) is 0. The molecule has 0 saturated heterocycles. The highest BCUT2D eigenvalue weighted by atomic mass is 15.4. The van der Waals surface area contributed by atoms with Gasteiger partial charge >= 0.3 is 0 Å². The number of aromatic nitrogens is 2. The van der Waals surface area contributed by atoms with Gasteiger partial charge in [-0.05, 0) is 23.3 Å². The van der Waals surface area contributed by atoms with E-state index in [1.54, 1.807) is 0 Å². The molecule has 2 heterocycles. The summed E-state index contributed by atoms with van der Waals surface area (Å²) in [6.45, 7) is 0. The first-order valence-electron chi connectivity index (χ1n) is 8.97. The minimum absolute atomic E-state index is 0.895. The van der Waals surface area contributed by atoms with E-state index in [1.165, 1.54) is 22.4 Å². The number of pyridine rings is 2. The number of rotatable bonds is 5. The topological polar surface area (TPSA) is 7.76 Å². The SMILES string of the molecule is c1ccc(Cc2ccc[n+](-[n+]3ccccc3)c2Cc2ccccc2)cc1. The molecule has 2 heteroatoms. The van der Waals surface area contributed by atoms with Gasteiger partial charge in [0.25, 0.3) is 5.69 Å². The fourth-order valence-corrected chi connectivity index (χ4v) is 3.28. The molecule has 0 unspecified atom stereocenters. The lowest BCUT2D eigenvalue weighted by Crippen LogP contribution is -2.68. The van der Waals surface area contributed by atoms with Crippen molar-refractivity contribution in [1.29, 1.82) is 0 Å². The van der Waals surface area contributed by atoms with Crippen molar-refractivity contribution < 1.29 is 9.35 Å². The zero-order chi connectivity index (χ0) is 17.6. The van der Waals surface area contributed by atoms with Gasteiger partial charge in [-0.25, -0.2) is 0 Å². The van der Waals surface area contributed by atoms with Crippen molar-refractivity contribution in [3.63, 3.8) is 0 Å². The molecule has 0 N–H and O–H groups in total. The average Bonchev–Trinajstić information content (AvgIpc) is 2.71. The van der Waals surface area contributed by atoms with Gasteiger partial charge < -0.3 is 0 Å². The molecular formula is C24H22N2+2. The number of hydrogen-bond acceptors (Lipinski definition) is 0. The first-order chi connectivity index (χ1) is 12.9. The smallest absolute Gasteiger partial charge is 0.0622 e. The van der Waals surface area contributed by atoms with Crippen molar-refractivity contribution in [3.8, 4) is 0 Å². The van der Waals surface area contributed by atoms with Gasteiger partial charge in [0.05, 0.1) is 15.8 Å². The number of nitrogens with zero attached hydrogens (tertiary/aromatic N) is 2. The standard InChI is InChI=1S/C24H22N2/c1-4-11-21(12-5-1)19-23-15-10-18-26(25-16-8-3-9-17-25)24(23)20-22-13-6-2-7-14-22/h1-18H,19-20H2/q+2. The zero-order valence-electron chi connectivity index (χ0n) is 14.7. The Morgan fingerprint density at radius 2 is 1.08 bits per heavy atom. The molecule has 0 aliphatic heterocycles. The van der Waals surface area contributed by atoms with E-state index in [0.717, 1.165) is 12.8 Å². The van der Waals surface area contributed by atoms with E-state index in [2.05, 4.69) is 113 Å². The summed E-state index contributed by atoms with van der Waals surface area (Å²) < 4.78 is 4.37. The molecule has 2 aromatic carbocycles. The van der Waals surface area contributed by atoms with E-state index in [-0.39, 0.29) is 0 Å². The first-order valence-corrected chi connectivity index (χ1v) is 8.97. The zero-order valence-corrected chi connectivity index (χ0v) is 14.7. The van der Waals surface area contributed by atoms with Gasteiger partial charge in [-0.3, -0.25) is 0 Å². The van der Waals surface area contributed by atoms with Crippen LogP contribution in [0.1, 0.15) is 22.4 Å². The van der Waals surface area contributed by atoms with E-state index in [9.17, 15) is 0 Å². The molecule has 0 fully saturated rings. The largest absolute Gasteiger partial charge is 0.261 e. The van der Waals surface area contributed by atoms with Crippen LogP contribution < -0.4 is 9.35 Å². The normalized spacial score (nSPS) is 10.6. The molecule has 126 valence electrons. The molecule has 4 aromatic rings. The fourth-order valence-electron chi connectivity index (χ4n) is 3.28. The molecule has 26 heavy (non-hydrogen) atoms. The highest BCUT2D eigenvalue weighted by Gasteiger charge is 2.23. The van der Waals surface area contributed by atoms with Crippen LogP contribution in [0.25, 0.3) is 0 Å². The second-order valence-corrected chi connectivity index (χ2v) is 6.40. The summed E-state index contributed by atoms with van der Waals surface area (Å²) in [6, 6.07) is 31.9. The Labute approximate surface area is 154 Å². The van der Waals surface area contributed by atoms with Gasteiger partial charge in [-0.1, -0.05) is 60.7 Å². The summed E-state index contributed by atoms with van der Waals surface area (Å²) in [4.78, 5) is 0. The third kappa shape index (κ3) is 3.70. The van der Waals surface area contributed by atoms with E-state index < -0.39 is 0 Å². The maximum atomic E-state index is 2.24. The maximum absolute atomic E-state index is 2.24. The van der Waals surface area contributed by atoms with E-state index in [1.807, 2.05) is 6.07 Å². The first kappa shape index (κ1) is 16.2. The molecule has 0 saturated carbocycles. The van der Waals surface area contributed by atoms with Crippen molar-refractivity contribution >= 4 is 0 Å². The minimum atomic E-state index is 0.895. The third-order valence-electron chi connectivity index (χ3n) is 4.57. The van der Waals surface area contributed by atoms with Crippen LogP contribution in [0.3, 0.4) is 0 Å². The molecule has 0 aliphatic carbocycles. The Bertz CT molecular complexity index is 965. The van der Waals surface area contributed by atoms with E-state index in [0.29, 0.717) is 0 Å². The Balaban J connectivity index is 1.80. The monoisotopic (exact) mass is 338 g/mol. The van der Waals surface area contributed by atoms with Crippen molar-refractivity contribution in [3.05, 3.63) is 132 Å². The van der Waals surface area contributed by atoms with Crippen molar-refractivity contribution in [1.82, 2.24) is 0 Å². The fraction of sp³-hybridized carbons (Fsp3) is 0.0833. The number of benzene rings is 2. The van der Waals surface area contributed by atoms with Gasteiger partial charge in [0.2, 0.25) is 18.6 Å². The molecular weight excluding hydrogens is 316 g/mol. The quantitative estimate of drug-likeness (QED) is 0.490. The van der Waals surface area contributed by atoms with Crippen LogP contribution in [-0.4, -0.2) is 0 Å². The molecule has 4 rings (SSSR count). The maximum Gasteiger partial charge on any atom is 0.261 e. The van der Waals surface area contributed by atoms with Crippen LogP contribution >= 0.6 is 0 Å². The molecule has 0 radical (unpaired) electrons. The molecule has 0 spiro atoms. The lowest BCUT2D eigenvalue weighted by atomic mass is 9.99. The Hall–Kier alpha value is -3.26. The minimum Gasteiger partial charge on any atom is -0.0622 e. The van der Waals surface area contributed by atoms with Crippen LogP contribution in [-0.2, 0) is 12.8 Å². The average molecular weight is 338 g/mol. The summed E-state index contributed by atoms with van der Waals surface area (Å²) in [6.07, 6.45) is 8.12. The van der Waals surface area contributed by atoms with Gasteiger partial charge in [-0.15, -0.1) is 0 Å². The second-order valence-electron chi connectivity index (χ2n) is 6.40. The van der Waals surface area contributed by atoms with Crippen LogP contribution in [0.2, 0.25) is 0 Å². The van der Waals surface area contributed by atoms with Gasteiger partial charge in [0.15, 0.2) is 0 Å². The molecule has 2 aromatic heterocycles. The van der Waals surface area contributed by atoms with Crippen LogP contribution in [0.4, 0.5) is 0 Å². The molecule has 0 aliphatic rings. The summed E-state index contributed by atoms with van der Waals surface area (Å²) in [5, 5.41) is 0. The Morgan fingerprint density at radius 1 is 0.500 bits per heavy atom. The highest BCUT2D eigenvalue weighted by molar-refractivity contribution is 5.30. The van der Waals surface area contributed by atoms with E-state index in [4.69, 9.17) is 0 Å². The van der Waals surface area contributed by atoms with Crippen LogP contribution in [0, 0.1) is 0 Å². The second kappa shape index (κ2) is 7.75. The molecule has 0 atom stereocenters. The predicted molar refractivity (Wildman–Crippen MR) is 103 cm³/mol. The summed E-state index contributed by atoms with van der Waals surface area (Å²) in [5.41, 5.74) is 5.30. The molecule has 2 nitrogen and oxygen atoms in total. The Morgan fingerprint density at radius 3 is 1.73 bits per heavy atom. The predicted octanol–water partition coefficient (Wildman–Crippen LogP) is 3.75. The molecule has 0 amide bonds. The highest BCUT2D eigenvalue weighted by Crippen LogP contribution is 2.15. The summed E-state index contributed by atoms with van der Waals surface area (Å²) >= 11 is 0.